The van der Waals surface area contributed by atoms with Crippen molar-refractivity contribution in [1.82, 2.24) is 14.8 Å². The number of hydrogen-bond donors (Lipinski definition) is 2. The van der Waals surface area contributed by atoms with Crippen molar-refractivity contribution in [3.63, 3.8) is 0 Å². The lowest BCUT2D eigenvalue weighted by Gasteiger charge is -2.37. The normalized spacial score (nSPS) is 17.6. The second-order valence-electron chi connectivity index (χ2n) is 8.46. The molecule has 1 aliphatic heterocycles. The highest BCUT2D eigenvalue weighted by Gasteiger charge is 2.30. The van der Waals surface area contributed by atoms with E-state index in [1.807, 2.05) is 4.90 Å². The maximum Gasteiger partial charge on any atom is 0.246 e. The molecule has 1 unspecified atom stereocenters. The van der Waals surface area contributed by atoms with Crippen molar-refractivity contribution in [2.24, 2.45) is 5.92 Å². The fourth-order valence-electron chi connectivity index (χ4n) is 3.96. The quantitative estimate of drug-likeness (QED) is 0.552. The van der Waals surface area contributed by atoms with Crippen LogP contribution in [0.4, 0.5) is 5.13 Å². The maximum atomic E-state index is 12.0. The van der Waals surface area contributed by atoms with Crippen molar-refractivity contribution >= 4 is 40.0 Å². The molecule has 2 aliphatic rings. The number of hydrogen-bond acceptors (Lipinski definition) is 7. The number of benzene rings is 1. The molecule has 2 heterocycles. The van der Waals surface area contributed by atoms with E-state index in [0.29, 0.717) is 31.3 Å². The van der Waals surface area contributed by atoms with Gasteiger partial charge in [0, 0.05) is 37.0 Å². The van der Waals surface area contributed by atoms with Crippen molar-refractivity contribution in [2.45, 2.75) is 48.4 Å². The number of carbonyl (C=O) groups is 2. The van der Waals surface area contributed by atoms with Gasteiger partial charge in [0.1, 0.15) is 6.23 Å². The van der Waals surface area contributed by atoms with E-state index in [0.717, 1.165) is 45.1 Å². The Morgan fingerprint density at radius 3 is 2.70 bits per heavy atom. The van der Waals surface area contributed by atoms with Gasteiger partial charge in [0.15, 0.2) is 5.13 Å². The monoisotopic (exact) mass is 486 g/mol. The number of piperazine rings is 1. The van der Waals surface area contributed by atoms with Gasteiger partial charge in [0.05, 0.1) is 10.4 Å². The third kappa shape index (κ3) is 5.66. The lowest BCUT2D eigenvalue weighted by Crippen LogP contribution is -2.49. The van der Waals surface area contributed by atoms with Gasteiger partial charge in [-0.2, -0.15) is 0 Å². The van der Waals surface area contributed by atoms with Gasteiger partial charge in [-0.15, -0.1) is 0 Å². The molecule has 0 spiro atoms. The van der Waals surface area contributed by atoms with Gasteiger partial charge in [-0.05, 0) is 55.0 Å². The van der Waals surface area contributed by atoms with E-state index >= 15 is 0 Å². The van der Waals surface area contributed by atoms with Crippen molar-refractivity contribution < 1.29 is 14.7 Å². The topological polar surface area (TPSA) is 85.8 Å². The number of aryl methyl sites for hydroxylation is 2. The van der Waals surface area contributed by atoms with Gasteiger partial charge in [0.2, 0.25) is 11.8 Å². The Hall–Kier alpha value is -2.20. The van der Waals surface area contributed by atoms with Crippen LogP contribution in [0.15, 0.2) is 40.1 Å². The molecule has 1 saturated heterocycles. The molecule has 1 atom stereocenters. The summed E-state index contributed by atoms with van der Waals surface area (Å²) in [4.78, 5) is 33.1. The van der Waals surface area contributed by atoms with E-state index in [1.165, 1.54) is 17.4 Å². The number of carbonyl (C=O) groups excluding carboxylic acids is 2. The van der Waals surface area contributed by atoms with Crippen molar-refractivity contribution in [1.29, 1.82) is 0 Å². The first-order valence-electron chi connectivity index (χ1n) is 11.3. The van der Waals surface area contributed by atoms with Gasteiger partial charge in [-0.3, -0.25) is 14.5 Å². The van der Waals surface area contributed by atoms with Crippen LogP contribution in [0.3, 0.4) is 0 Å². The van der Waals surface area contributed by atoms with Crippen LogP contribution in [0.2, 0.25) is 0 Å². The molecular weight excluding hydrogens is 456 g/mol. The van der Waals surface area contributed by atoms with E-state index < -0.39 is 6.23 Å². The number of aromatic nitrogens is 1. The number of nitrogens with zero attached hydrogens (tertiary/aromatic N) is 3. The number of nitrogens with one attached hydrogen (secondary N) is 1. The average molecular weight is 487 g/mol. The van der Waals surface area contributed by atoms with Crippen molar-refractivity contribution in [3.8, 4) is 0 Å². The van der Waals surface area contributed by atoms with Gasteiger partial charge >= 0.3 is 0 Å². The minimum atomic E-state index is -0.726. The van der Waals surface area contributed by atoms with E-state index in [2.05, 4.69) is 42.9 Å². The molecule has 0 radical (unpaired) electrons. The van der Waals surface area contributed by atoms with Crippen molar-refractivity contribution in [3.05, 3.63) is 47.7 Å². The van der Waals surface area contributed by atoms with Crippen LogP contribution < -0.4 is 5.32 Å². The first-order chi connectivity index (χ1) is 15.9. The second-order valence-corrected chi connectivity index (χ2v) is 10.8. The highest BCUT2D eigenvalue weighted by atomic mass is 32.2. The van der Waals surface area contributed by atoms with Crippen LogP contribution >= 0.6 is 23.1 Å². The summed E-state index contributed by atoms with van der Waals surface area (Å²) in [5.41, 5.74) is 3.17. The Morgan fingerprint density at radius 2 is 2.06 bits per heavy atom. The number of anilines is 1. The highest BCUT2D eigenvalue weighted by molar-refractivity contribution is 8.01. The predicted octanol–water partition coefficient (Wildman–Crippen LogP) is 3.83. The summed E-state index contributed by atoms with van der Waals surface area (Å²) >= 11 is 3.07. The van der Waals surface area contributed by atoms with Gasteiger partial charge in [-0.1, -0.05) is 42.7 Å². The lowest BCUT2D eigenvalue weighted by molar-refractivity contribution is -0.129. The molecular formula is C24H30N4O3S2. The van der Waals surface area contributed by atoms with E-state index in [4.69, 9.17) is 0 Å². The van der Waals surface area contributed by atoms with Gasteiger partial charge in [0.25, 0.3) is 0 Å². The standard InChI is InChI=1S/C24H30N4O3S2/c1-4-16-12-15(3)19(32-21-14-25-24(33-21)26-22(30)17-6-7-17)13-18(16)23(31)28-10-8-27(9-11-28)20(29)5-2/h5,12-14,17,23,31H,2,4,6-11H2,1,3H3,(H,25,26,30). The van der Waals surface area contributed by atoms with Gasteiger partial charge < -0.3 is 15.3 Å². The van der Waals surface area contributed by atoms with Crippen LogP contribution in [0, 0.1) is 12.8 Å². The number of aliphatic hydroxyl groups excluding tert-OH is 1. The Labute approximate surface area is 202 Å². The predicted molar refractivity (Wildman–Crippen MR) is 131 cm³/mol. The Morgan fingerprint density at radius 1 is 1.33 bits per heavy atom. The Kier molecular flexibility index (Phi) is 7.53. The molecule has 33 heavy (non-hydrogen) atoms. The molecule has 1 saturated carbocycles. The summed E-state index contributed by atoms with van der Waals surface area (Å²) in [7, 11) is 0. The molecule has 1 aliphatic carbocycles. The number of rotatable bonds is 8. The third-order valence-corrected chi connectivity index (χ3v) is 8.29. The van der Waals surface area contributed by atoms with Crippen LogP contribution in [-0.4, -0.2) is 57.9 Å². The SMILES string of the molecule is C=CC(=O)N1CCN(C(O)c2cc(Sc3cnc(NC(=O)C4CC4)s3)c(C)cc2CC)CC1. The smallest absolute Gasteiger partial charge is 0.246 e. The molecule has 1 aromatic heterocycles. The summed E-state index contributed by atoms with van der Waals surface area (Å²) < 4.78 is 0.991. The highest BCUT2D eigenvalue weighted by Crippen LogP contribution is 2.39. The maximum absolute atomic E-state index is 12.0. The number of thiazole rings is 1. The average Bonchev–Trinajstić information content (AvgIpc) is 3.60. The molecule has 4 rings (SSSR count). The first-order valence-corrected chi connectivity index (χ1v) is 12.9. The zero-order valence-electron chi connectivity index (χ0n) is 19.0. The molecule has 2 fully saturated rings. The lowest BCUT2D eigenvalue weighted by atomic mass is 10.00. The number of amides is 2. The zero-order chi connectivity index (χ0) is 23.5. The van der Waals surface area contributed by atoms with Gasteiger partial charge in [-0.25, -0.2) is 4.98 Å². The fraction of sp³-hybridized carbons (Fsp3) is 0.458. The molecule has 176 valence electrons. The van der Waals surface area contributed by atoms with Crippen LogP contribution in [0.5, 0.6) is 0 Å². The zero-order valence-corrected chi connectivity index (χ0v) is 20.7. The van der Waals surface area contributed by atoms with Crippen molar-refractivity contribution in [2.75, 3.05) is 31.5 Å². The van der Waals surface area contributed by atoms with E-state index in [-0.39, 0.29) is 17.7 Å². The third-order valence-electron chi connectivity index (χ3n) is 6.12. The minimum Gasteiger partial charge on any atom is -0.374 e. The molecule has 0 bridgehead atoms. The largest absolute Gasteiger partial charge is 0.374 e. The molecule has 9 heteroatoms. The summed E-state index contributed by atoms with van der Waals surface area (Å²) in [6, 6.07) is 4.22. The molecule has 2 aromatic rings. The summed E-state index contributed by atoms with van der Waals surface area (Å²) in [6.07, 6.45) is 5.16. The fourth-order valence-corrected chi connectivity index (χ4v) is 5.91. The van der Waals surface area contributed by atoms with E-state index in [9.17, 15) is 14.7 Å². The first kappa shape index (κ1) is 23.9. The van der Waals surface area contributed by atoms with Crippen LogP contribution in [0.1, 0.15) is 42.7 Å². The summed E-state index contributed by atoms with van der Waals surface area (Å²) in [5, 5.41) is 14.8. The molecule has 2 N–H and O–H groups in total. The summed E-state index contributed by atoms with van der Waals surface area (Å²) in [6.45, 7) is 10.1. The van der Waals surface area contributed by atoms with E-state index in [1.54, 1.807) is 22.9 Å². The van der Waals surface area contributed by atoms with Crippen LogP contribution in [-0.2, 0) is 16.0 Å². The Bertz CT molecular complexity index is 1040. The Balaban J connectivity index is 1.48. The summed E-state index contributed by atoms with van der Waals surface area (Å²) in [5.74, 6) is 0.143. The molecule has 1 aromatic carbocycles. The molecule has 2 amide bonds. The molecule has 7 nitrogen and oxygen atoms in total. The van der Waals surface area contributed by atoms with Crippen LogP contribution in [0.25, 0.3) is 0 Å². The minimum absolute atomic E-state index is 0.0599. The number of aliphatic hydroxyl groups is 1. The second kappa shape index (κ2) is 10.4.